The summed E-state index contributed by atoms with van der Waals surface area (Å²) in [6.45, 7) is 3.04. The molecule has 0 aromatic rings. The number of nitrogens with two attached hydrogens (primary N) is 1. The topological polar surface area (TPSA) is 81.9 Å². The Morgan fingerprint density at radius 2 is 2.00 bits per heavy atom. The molecule has 18 heavy (non-hydrogen) atoms. The highest BCUT2D eigenvalue weighted by Crippen LogP contribution is 2.20. The Bertz CT molecular complexity index is 313. The van der Waals surface area contributed by atoms with Gasteiger partial charge in [0, 0.05) is 26.8 Å². The Hall–Kier alpha value is -1.14. The van der Waals surface area contributed by atoms with Gasteiger partial charge < -0.3 is 20.1 Å². The van der Waals surface area contributed by atoms with Crippen LogP contribution < -0.4 is 5.73 Å². The van der Waals surface area contributed by atoms with Gasteiger partial charge in [0.1, 0.15) is 0 Å². The first-order valence-electron chi connectivity index (χ1n) is 6.11. The first-order chi connectivity index (χ1) is 8.40. The van der Waals surface area contributed by atoms with Crippen LogP contribution in [0, 0.1) is 5.92 Å². The van der Waals surface area contributed by atoms with Gasteiger partial charge in [-0.05, 0) is 12.8 Å². The number of nitrogens with zero attached hydrogens (tertiary/aromatic N) is 1. The number of carbonyl (C=O) groups excluding carboxylic acids is 2. The van der Waals surface area contributed by atoms with Crippen molar-refractivity contribution in [2.24, 2.45) is 11.7 Å². The number of carbonyl (C=O) groups is 2. The van der Waals surface area contributed by atoms with E-state index in [1.165, 1.54) is 12.0 Å². The number of rotatable bonds is 4. The van der Waals surface area contributed by atoms with Crippen LogP contribution in [0.2, 0.25) is 0 Å². The van der Waals surface area contributed by atoms with Crippen molar-refractivity contribution in [2.75, 3.05) is 33.9 Å². The van der Waals surface area contributed by atoms with Gasteiger partial charge in [-0.2, -0.15) is 0 Å². The molecule has 0 spiro atoms. The second-order valence-electron chi connectivity index (χ2n) is 4.88. The zero-order valence-corrected chi connectivity index (χ0v) is 11.3. The lowest BCUT2D eigenvalue weighted by molar-refractivity contribution is -0.147. The van der Waals surface area contributed by atoms with Crippen LogP contribution in [0.1, 0.15) is 19.8 Å². The molecule has 104 valence electrons. The van der Waals surface area contributed by atoms with E-state index in [1.54, 1.807) is 14.0 Å². The van der Waals surface area contributed by atoms with Gasteiger partial charge in [-0.15, -0.1) is 0 Å². The SMILES string of the molecule is COC(=O)C(C)CN(C)C(=O)C1(N)CCOCC1. The van der Waals surface area contributed by atoms with Crippen LogP contribution in [0.25, 0.3) is 0 Å². The summed E-state index contributed by atoms with van der Waals surface area (Å²) in [4.78, 5) is 25.1. The number of hydrogen-bond acceptors (Lipinski definition) is 5. The minimum atomic E-state index is -0.858. The van der Waals surface area contributed by atoms with Crippen LogP contribution in [-0.2, 0) is 19.1 Å². The molecule has 0 bridgehead atoms. The predicted octanol–water partition coefficient (Wildman–Crippen LogP) is -0.238. The van der Waals surface area contributed by atoms with E-state index in [4.69, 9.17) is 10.5 Å². The molecule has 1 rings (SSSR count). The van der Waals surface area contributed by atoms with E-state index in [0.717, 1.165) is 0 Å². The zero-order valence-electron chi connectivity index (χ0n) is 11.3. The molecule has 6 heteroatoms. The van der Waals surface area contributed by atoms with E-state index in [9.17, 15) is 9.59 Å². The zero-order chi connectivity index (χ0) is 13.8. The summed E-state index contributed by atoms with van der Waals surface area (Å²) in [5, 5.41) is 0. The van der Waals surface area contributed by atoms with Gasteiger partial charge in [0.25, 0.3) is 0 Å². The lowest BCUT2D eigenvalue weighted by atomic mass is 9.89. The fourth-order valence-corrected chi connectivity index (χ4v) is 2.10. The molecule has 0 aliphatic carbocycles. The standard InChI is InChI=1S/C12H22N2O4/c1-9(10(15)17-3)8-14(2)11(16)12(13)4-6-18-7-5-12/h9H,4-8,13H2,1-3H3. The van der Waals surface area contributed by atoms with Crippen LogP contribution in [0.4, 0.5) is 0 Å². The minimum Gasteiger partial charge on any atom is -0.469 e. The quantitative estimate of drug-likeness (QED) is 0.704. The Morgan fingerprint density at radius 1 is 1.44 bits per heavy atom. The monoisotopic (exact) mass is 258 g/mol. The van der Waals surface area contributed by atoms with E-state index in [1.807, 2.05) is 0 Å². The molecule has 0 radical (unpaired) electrons. The van der Waals surface area contributed by atoms with Gasteiger partial charge in [0.2, 0.25) is 5.91 Å². The highest BCUT2D eigenvalue weighted by atomic mass is 16.5. The average Bonchev–Trinajstić information content (AvgIpc) is 2.37. The number of ether oxygens (including phenoxy) is 2. The highest BCUT2D eigenvalue weighted by molar-refractivity contribution is 5.86. The van der Waals surface area contributed by atoms with Crippen molar-refractivity contribution in [2.45, 2.75) is 25.3 Å². The molecule has 1 amide bonds. The van der Waals surface area contributed by atoms with E-state index < -0.39 is 5.54 Å². The maximum Gasteiger partial charge on any atom is 0.310 e. The maximum absolute atomic E-state index is 12.3. The highest BCUT2D eigenvalue weighted by Gasteiger charge is 2.38. The normalized spacial score (nSPS) is 20.0. The number of amides is 1. The van der Waals surface area contributed by atoms with Crippen LogP contribution >= 0.6 is 0 Å². The van der Waals surface area contributed by atoms with Crippen LogP contribution in [-0.4, -0.2) is 56.2 Å². The second-order valence-corrected chi connectivity index (χ2v) is 4.88. The Balaban J connectivity index is 2.57. The molecule has 1 aliphatic heterocycles. The third-order valence-electron chi connectivity index (χ3n) is 3.31. The van der Waals surface area contributed by atoms with Gasteiger partial charge in [0.15, 0.2) is 0 Å². The maximum atomic E-state index is 12.3. The third kappa shape index (κ3) is 3.43. The largest absolute Gasteiger partial charge is 0.469 e. The lowest BCUT2D eigenvalue weighted by Crippen LogP contribution is -2.57. The molecule has 1 aliphatic rings. The average molecular weight is 258 g/mol. The summed E-state index contributed by atoms with van der Waals surface area (Å²) >= 11 is 0. The fraction of sp³-hybridized carbons (Fsp3) is 0.833. The summed E-state index contributed by atoms with van der Waals surface area (Å²) in [7, 11) is 3.00. The Kier molecular flexibility index (Phi) is 5.10. The van der Waals surface area contributed by atoms with E-state index in [2.05, 4.69) is 4.74 Å². The van der Waals surface area contributed by atoms with Crippen molar-refractivity contribution < 1.29 is 19.1 Å². The smallest absolute Gasteiger partial charge is 0.310 e. The third-order valence-corrected chi connectivity index (χ3v) is 3.31. The Labute approximate surface area is 107 Å². The van der Waals surface area contributed by atoms with Gasteiger partial charge in [-0.25, -0.2) is 0 Å². The molecule has 0 aromatic carbocycles. The van der Waals surface area contributed by atoms with Gasteiger partial charge in [-0.3, -0.25) is 9.59 Å². The molecular weight excluding hydrogens is 236 g/mol. The van der Waals surface area contributed by atoms with Crippen LogP contribution in [0.3, 0.4) is 0 Å². The summed E-state index contributed by atoms with van der Waals surface area (Å²) in [6.07, 6.45) is 1.03. The van der Waals surface area contributed by atoms with Crippen LogP contribution in [0.5, 0.6) is 0 Å². The summed E-state index contributed by atoms with van der Waals surface area (Å²) < 4.78 is 9.84. The van der Waals surface area contributed by atoms with Crippen molar-refractivity contribution in [1.29, 1.82) is 0 Å². The van der Waals surface area contributed by atoms with E-state index in [0.29, 0.717) is 32.6 Å². The number of esters is 1. The number of methoxy groups -OCH3 is 1. The van der Waals surface area contributed by atoms with Gasteiger partial charge >= 0.3 is 5.97 Å². The molecule has 0 aromatic heterocycles. The molecule has 1 atom stereocenters. The number of likely N-dealkylation sites (N-methyl/N-ethyl adjacent to an activating group) is 1. The molecule has 1 saturated heterocycles. The number of hydrogen-bond donors (Lipinski definition) is 1. The molecule has 0 saturated carbocycles. The Morgan fingerprint density at radius 3 is 2.50 bits per heavy atom. The van der Waals surface area contributed by atoms with Gasteiger partial charge in [0.05, 0.1) is 18.6 Å². The fourth-order valence-electron chi connectivity index (χ4n) is 2.10. The van der Waals surface area contributed by atoms with Crippen molar-refractivity contribution in [3.05, 3.63) is 0 Å². The predicted molar refractivity (Wildman–Crippen MR) is 65.8 cm³/mol. The first kappa shape index (κ1) is 14.9. The molecular formula is C12H22N2O4. The van der Waals surface area contributed by atoms with Gasteiger partial charge in [-0.1, -0.05) is 6.92 Å². The summed E-state index contributed by atoms with van der Waals surface area (Å²) in [6, 6.07) is 0. The van der Waals surface area contributed by atoms with Crippen molar-refractivity contribution >= 4 is 11.9 Å². The molecule has 6 nitrogen and oxygen atoms in total. The van der Waals surface area contributed by atoms with E-state index >= 15 is 0 Å². The van der Waals surface area contributed by atoms with Crippen molar-refractivity contribution in [1.82, 2.24) is 4.90 Å². The molecule has 2 N–H and O–H groups in total. The first-order valence-corrected chi connectivity index (χ1v) is 6.11. The second kappa shape index (κ2) is 6.15. The molecule has 1 unspecified atom stereocenters. The van der Waals surface area contributed by atoms with Crippen molar-refractivity contribution in [3.63, 3.8) is 0 Å². The minimum absolute atomic E-state index is 0.137. The van der Waals surface area contributed by atoms with E-state index in [-0.39, 0.29) is 17.8 Å². The summed E-state index contributed by atoms with van der Waals surface area (Å²) in [5.74, 6) is -0.818. The lowest BCUT2D eigenvalue weighted by Gasteiger charge is -2.35. The summed E-state index contributed by atoms with van der Waals surface area (Å²) in [5.41, 5.74) is 5.24. The molecule has 1 heterocycles. The molecule has 1 fully saturated rings. The van der Waals surface area contributed by atoms with Crippen molar-refractivity contribution in [3.8, 4) is 0 Å². The van der Waals surface area contributed by atoms with Crippen LogP contribution in [0.15, 0.2) is 0 Å².